The highest BCUT2D eigenvalue weighted by molar-refractivity contribution is 7.80. The predicted octanol–water partition coefficient (Wildman–Crippen LogP) is 4.64. The normalized spacial score (nSPS) is 11.9. The van der Waals surface area contributed by atoms with E-state index in [0.717, 1.165) is 24.6 Å². The fourth-order valence-corrected chi connectivity index (χ4v) is 3.68. The maximum absolute atomic E-state index is 5.30. The topological polar surface area (TPSA) is 12.5 Å². The van der Waals surface area contributed by atoms with Gasteiger partial charge in [-0.3, -0.25) is 0 Å². The molecule has 0 fully saturated rings. The second-order valence-corrected chi connectivity index (χ2v) is 6.50. The third-order valence-corrected chi connectivity index (χ3v) is 4.76. The zero-order valence-electron chi connectivity index (χ0n) is 14.1. The van der Waals surface area contributed by atoms with Crippen LogP contribution >= 0.6 is 12.6 Å². The van der Waals surface area contributed by atoms with E-state index in [-0.39, 0.29) is 0 Å². The van der Waals surface area contributed by atoms with Crippen molar-refractivity contribution in [3.63, 3.8) is 0 Å². The number of ether oxygens (including phenoxy) is 1. The standard InChI is InChI=1S/C18H31NOS/c1-5-10-18(15-21,11-6-2)14-19(3)13-16-8-7-9-17(12-16)20-4/h7-9,12,21H,5-6,10-11,13-15H2,1-4H3. The highest BCUT2D eigenvalue weighted by atomic mass is 32.1. The molecule has 1 aromatic carbocycles. The molecule has 0 N–H and O–H groups in total. The predicted molar refractivity (Wildman–Crippen MR) is 95.4 cm³/mol. The van der Waals surface area contributed by atoms with Crippen LogP contribution in [0.4, 0.5) is 0 Å². The Kier molecular flexibility index (Phi) is 8.20. The number of benzene rings is 1. The van der Waals surface area contributed by atoms with Crippen LogP contribution in [-0.2, 0) is 6.54 Å². The van der Waals surface area contributed by atoms with Crippen molar-refractivity contribution in [3.8, 4) is 5.75 Å². The van der Waals surface area contributed by atoms with Gasteiger partial charge in [-0.05, 0) is 48.8 Å². The first-order chi connectivity index (χ1) is 10.1. The van der Waals surface area contributed by atoms with Crippen molar-refractivity contribution < 1.29 is 4.74 Å². The lowest BCUT2D eigenvalue weighted by Crippen LogP contribution is -2.37. The Balaban J connectivity index is 2.70. The van der Waals surface area contributed by atoms with Crippen LogP contribution in [0.15, 0.2) is 24.3 Å². The fourth-order valence-electron chi connectivity index (χ4n) is 3.26. The maximum atomic E-state index is 5.30. The summed E-state index contributed by atoms with van der Waals surface area (Å²) >= 11 is 4.65. The molecule has 0 amide bonds. The lowest BCUT2D eigenvalue weighted by Gasteiger charge is -2.36. The molecule has 120 valence electrons. The molecule has 0 radical (unpaired) electrons. The van der Waals surface area contributed by atoms with E-state index >= 15 is 0 Å². The van der Waals surface area contributed by atoms with E-state index in [4.69, 9.17) is 4.74 Å². The third kappa shape index (κ3) is 5.91. The van der Waals surface area contributed by atoms with Gasteiger partial charge < -0.3 is 9.64 Å². The summed E-state index contributed by atoms with van der Waals surface area (Å²) in [6, 6.07) is 8.35. The Labute approximate surface area is 136 Å². The van der Waals surface area contributed by atoms with Gasteiger partial charge in [0.1, 0.15) is 5.75 Å². The van der Waals surface area contributed by atoms with Crippen molar-refractivity contribution in [1.82, 2.24) is 4.90 Å². The molecule has 0 spiro atoms. The van der Waals surface area contributed by atoms with Gasteiger partial charge in [0.25, 0.3) is 0 Å². The molecule has 0 heterocycles. The summed E-state index contributed by atoms with van der Waals surface area (Å²) in [5, 5.41) is 0. The Morgan fingerprint density at radius 1 is 1.19 bits per heavy atom. The first-order valence-corrected chi connectivity index (χ1v) is 8.64. The van der Waals surface area contributed by atoms with Gasteiger partial charge >= 0.3 is 0 Å². The molecule has 3 heteroatoms. The van der Waals surface area contributed by atoms with Crippen LogP contribution in [0.3, 0.4) is 0 Å². The monoisotopic (exact) mass is 309 g/mol. The molecular formula is C18H31NOS. The van der Waals surface area contributed by atoms with Gasteiger partial charge in [0.2, 0.25) is 0 Å². The fraction of sp³-hybridized carbons (Fsp3) is 0.667. The van der Waals surface area contributed by atoms with Crippen molar-refractivity contribution >= 4 is 12.6 Å². The summed E-state index contributed by atoms with van der Waals surface area (Å²) in [5.74, 6) is 1.90. The molecule has 0 saturated heterocycles. The molecule has 1 aromatic rings. The number of methoxy groups -OCH3 is 1. The lowest BCUT2D eigenvalue weighted by atomic mass is 9.80. The number of hydrogen-bond acceptors (Lipinski definition) is 3. The quantitative estimate of drug-likeness (QED) is 0.632. The van der Waals surface area contributed by atoms with Gasteiger partial charge in [-0.2, -0.15) is 12.6 Å². The Morgan fingerprint density at radius 2 is 1.86 bits per heavy atom. The summed E-state index contributed by atoms with van der Waals surface area (Å²) in [5.41, 5.74) is 1.65. The third-order valence-electron chi connectivity index (χ3n) is 4.09. The zero-order chi connectivity index (χ0) is 15.7. The Hall–Kier alpha value is -0.670. The molecule has 0 bridgehead atoms. The van der Waals surface area contributed by atoms with Crippen molar-refractivity contribution in [3.05, 3.63) is 29.8 Å². The van der Waals surface area contributed by atoms with Gasteiger partial charge in [0.15, 0.2) is 0 Å². The SMILES string of the molecule is CCCC(CS)(CCC)CN(C)Cc1cccc(OC)c1. The van der Waals surface area contributed by atoms with E-state index in [0.29, 0.717) is 5.41 Å². The minimum Gasteiger partial charge on any atom is -0.497 e. The lowest BCUT2D eigenvalue weighted by molar-refractivity contribution is 0.165. The Bertz CT molecular complexity index is 402. The van der Waals surface area contributed by atoms with Crippen LogP contribution in [0.1, 0.15) is 45.1 Å². The van der Waals surface area contributed by atoms with Crippen molar-refractivity contribution in [2.75, 3.05) is 26.5 Å². The molecule has 0 atom stereocenters. The summed E-state index contributed by atoms with van der Waals surface area (Å²) in [7, 11) is 3.93. The van der Waals surface area contributed by atoms with E-state index in [2.05, 4.69) is 56.6 Å². The molecule has 1 rings (SSSR count). The zero-order valence-corrected chi connectivity index (χ0v) is 15.0. The number of hydrogen-bond donors (Lipinski definition) is 1. The van der Waals surface area contributed by atoms with Crippen LogP contribution < -0.4 is 4.74 Å². The van der Waals surface area contributed by atoms with Crippen LogP contribution in [0.25, 0.3) is 0 Å². The average Bonchev–Trinajstić information content (AvgIpc) is 2.47. The molecule has 0 aromatic heterocycles. The maximum Gasteiger partial charge on any atom is 0.119 e. The number of thiol groups is 1. The first kappa shape index (κ1) is 18.4. The van der Waals surface area contributed by atoms with Crippen LogP contribution in [0.2, 0.25) is 0 Å². The van der Waals surface area contributed by atoms with E-state index < -0.39 is 0 Å². The van der Waals surface area contributed by atoms with Crippen molar-refractivity contribution in [2.45, 2.75) is 46.1 Å². The smallest absolute Gasteiger partial charge is 0.119 e. The number of nitrogens with zero attached hydrogens (tertiary/aromatic N) is 1. The van der Waals surface area contributed by atoms with E-state index in [1.54, 1.807) is 7.11 Å². The molecule has 0 saturated carbocycles. The van der Waals surface area contributed by atoms with Crippen molar-refractivity contribution in [2.24, 2.45) is 5.41 Å². The highest BCUT2D eigenvalue weighted by Gasteiger charge is 2.28. The summed E-state index contributed by atoms with van der Waals surface area (Å²) in [6.07, 6.45) is 4.97. The molecule has 21 heavy (non-hydrogen) atoms. The van der Waals surface area contributed by atoms with Gasteiger partial charge in [0, 0.05) is 13.1 Å². The minimum absolute atomic E-state index is 0.347. The summed E-state index contributed by atoms with van der Waals surface area (Å²) in [6.45, 7) is 6.61. The number of rotatable bonds is 10. The second-order valence-electron chi connectivity index (χ2n) is 6.18. The average molecular weight is 310 g/mol. The van der Waals surface area contributed by atoms with Gasteiger partial charge in [0.05, 0.1) is 7.11 Å². The van der Waals surface area contributed by atoms with Crippen LogP contribution in [-0.4, -0.2) is 31.4 Å². The van der Waals surface area contributed by atoms with Gasteiger partial charge in [-0.25, -0.2) is 0 Å². The molecular weight excluding hydrogens is 278 g/mol. The molecule has 0 aliphatic heterocycles. The Morgan fingerprint density at radius 3 is 2.38 bits per heavy atom. The highest BCUT2D eigenvalue weighted by Crippen LogP contribution is 2.32. The summed E-state index contributed by atoms with van der Waals surface area (Å²) < 4.78 is 5.30. The van der Waals surface area contributed by atoms with E-state index in [9.17, 15) is 0 Å². The summed E-state index contributed by atoms with van der Waals surface area (Å²) in [4.78, 5) is 2.43. The van der Waals surface area contributed by atoms with E-state index in [1.807, 2.05) is 6.07 Å². The van der Waals surface area contributed by atoms with E-state index in [1.165, 1.54) is 31.2 Å². The van der Waals surface area contributed by atoms with Gasteiger partial charge in [-0.1, -0.05) is 38.8 Å². The second kappa shape index (κ2) is 9.37. The van der Waals surface area contributed by atoms with Crippen LogP contribution in [0.5, 0.6) is 5.75 Å². The molecule has 0 aliphatic carbocycles. The molecule has 0 unspecified atom stereocenters. The molecule has 2 nitrogen and oxygen atoms in total. The van der Waals surface area contributed by atoms with Crippen LogP contribution in [0, 0.1) is 5.41 Å². The minimum atomic E-state index is 0.347. The largest absolute Gasteiger partial charge is 0.497 e. The molecule has 0 aliphatic rings. The van der Waals surface area contributed by atoms with Crippen molar-refractivity contribution in [1.29, 1.82) is 0 Å². The first-order valence-electron chi connectivity index (χ1n) is 8.01. The van der Waals surface area contributed by atoms with Gasteiger partial charge in [-0.15, -0.1) is 0 Å².